The highest BCUT2D eigenvalue weighted by atomic mass is 16.5. The average Bonchev–Trinajstić information content (AvgIpc) is 2.45. The molecule has 0 heterocycles. The van der Waals surface area contributed by atoms with Gasteiger partial charge in [0.25, 0.3) is 0 Å². The summed E-state index contributed by atoms with van der Waals surface area (Å²) in [6.45, 7) is 2.29. The number of para-hydroxylation sites is 1. The minimum absolute atomic E-state index is 0.0811. The lowest BCUT2D eigenvalue weighted by Gasteiger charge is -2.14. The van der Waals surface area contributed by atoms with Gasteiger partial charge in [0.15, 0.2) is 0 Å². The lowest BCUT2D eigenvalue weighted by atomic mass is 10.1. The summed E-state index contributed by atoms with van der Waals surface area (Å²) in [6, 6.07) is 17.2. The molecule has 2 aromatic carbocycles. The Labute approximate surface area is 113 Å². The summed E-state index contributed by atoms with van der Waals surface area (Å²) in [5, 5.41) is 9.03. The van der Waals surface area contributed by atoms with Gasteiger partial charge in [-0.05, 0) is 19.1 Å². The molecule has 0 saturated carbocycles. The second-order valence-electron chi connectivity index (χ2n) is 4.38. The number of hydrogen-bond donors (Lipinski definition) is 1. The van der Waals surface area contributed by atoms with E-state index in [4.69, 9.17) is 15.7 Å². The van der Waals surface area contributed by atoms with Crippen molar-refractivity contribution in [1.82, 2.24) is 0 Å². The van der Waals surface area contributed by atoms with Crippen molar-refractivity contribution in [2.24, 2.45) is 5.73 Å². The Kier molecular flexibility index (Phi) is 4.17. The van der Waals surface area contributed by atoms with E-state index < -0.39 is 0 Å². The first-order chi connectivity index (χ1) is 9.22. The van der Waals surface area contributed by atoms with Gasteiger partial charge in [0.05, 0.1) is 11.6 Å². The van der Waals surface area contributed by atoms with Crippen molar-refractivity contribution in [2.75, 3.05) is 0 Å². The van der Waals surface area contributed by atoms with E-state index in [9.17, 15) is 0 Å². The molecule has 0 radical (unpaired) electrons. The number of hydrogen-bond acceptors (Lipinski definition) is 3. The maximum absolute atomic E-state index is 9.03. The molecule has 2 rings (SSSR count). The third-order valence-corrected chi connectivity index (χ3v) is 2.93. The number of nitrogens with zero attached hydrogens (tertiary/aromatic N) is 1. The zero-order chi connectivity index (χ0) is 13.7. The molecule has 0 aliphatic heterocycles. The van der Waals surface area contributed by atoms with Crippen LogP contribution in [-0.4, -0.2) is 0 Å². The first-order valence-electron chi connectivity index (χ1n) is 6.17. The number of benzene rings is 2. The average molecular weight is 252 g/mol. The SMILES string of the molecule is CC(N)c1ccccc1OCc1ccccc1C#N. The standard InChI is InChI=1S/C16H16N2O/c1-12(18)15-8-4-5-9-16(15)19-11-14-7-3-2-6-13(14)10-17/h2-9,12H,11,18H2,1H3. The number of ether oxygens (including phenoxy) is 1. The minimum Gasteiger partial charge on any atom is -0.489 e. The maximum atomic E-state index is 9.03. The second kappa shape index (κ2) is 6.03. The van der Waals surface area contributed by atoms with E-state index in [-0.39, 0.29) is 6.04 Å². The van der Waals surface area contributed by atoms with Gasteiger partial charge in [0, 0.05) is 17.2 Å². The Morgan fingerprint density at radius 3 is 2.58 bits per heavy atom. The fraction of sp³-hybridized carbons (Fsp3) is 0.188. The van der Waals surface area contributed by atoms with Gasteiger partial charge in [-0.15, -0.1) is 0 Å². The molecule has 0 spiro atoms. The molecule has 19 heavy (non-hydrogen) atoms. The molecule has 2 N–H and O–H groups in total. The van der Waals surface area contributed by atoms with E-state index in [0.29, 0.717) is 12.2 Å². The monoisotopic (exact) mass is 252 g/mol. The van der Waals surface area contributed by atoms with E-state index in [1.807, 2.05) is 49.4 Å². The van der Waals surface area contributed by atoms with Crippen LogP contribution >= 0.6 is 0 Å². The number of nitrogens with two attached hydrogens (primary N) is 1. The van der Waals surface area contributed by atoms with Crippen LogP contribution in [0.4, 0.5) is 0 Å². The Bertz CT molecular complexity index is 600. The van der Waals surface area contributed by atoms with Gasteiger partial charge in [-0.3, -0.25) is 0 Å². The third-order valence-electron chi connectivity index (χ3n) is 2.93. The van der Waals surface area contributed by atoms with Crippen molar-refractivity contribution < 1.29 is 4.74 Å². The van der Waals surface area contributed by atoms with E-state index in [0.717, 1.165) is 16.9 Å². The lowest BCUT2D eigenvalue weighted by molar-refractivity contribution is 0.301. The summed E-state index contributed by atoms with van der Waals surface area (Å²) in [6.07, 6.45) is 0. The highest BCUT2D eigenvalue weighted by Gasteiger charge is 2.08. The van der Waals surface area contributed by atoms with Gasteiger partial charge >= 0.3 is 0 Å². The molecule has 1 atom stereocenters. The van der Waals surface area contributed by atoms with Crippen molar-refractivity contribution in [3.8, 4) is 11.8 Å². The van der Waals surface area contributed by atoms with E-state index in [2.05, 4.69) is 6.07 Å². The zero-order valence-corrected chi connectivity index (χ0v) is 10.8. The molecular weight excluding hydrogens is 236 g/mol. The summed E-state index contributed by atoms with van der Waals surface area (Å²) in [5.74, 6) is 0.769. The molecule has 0 saturated heterocycles. The summed E-state index contributed by atoms with van der Waals surface area (Å²) in [7, 11) is 0. The van der Waals surface area contributed by atoms with Crippen molar-refractivity contribution in [3.63, 3.8) is 0 Å². The van der Waals surface area contributed by atoms with Crippen LogP contribution in [-0.2, 0) is 6.61 Å². The van der Waals surface area contributed by atoms with Gasteiger partial charge in [-0.25, -0.2) is 0 Å². The van der Waals surface area contributed by atoms with E-state index in [1.165, 1.54) is 0 Å². The molecular formula is C16H16N2O. The van der Waals surface area contributed by atoms with Crippen molar-refractivity contribution in [3.05, 3.63) is 65.2 Å². The Balaban J connectivity index is 2.18. The summed E-state index contributed by atoms with van der Waals surface area (Å²) in [4.78, 5) is 0. The van der Waals surface area contributed by atoms with Crippen molar-refractivity contribution in [1.29, 1.82) is 5.26 Å². The van der Waals surface area contributed by atoms with Crippen molar-refractivity contribution in [2.45, 2.75) is 19.6 Å². The third kappa shape index (κ3) is 3.12. The first-order valence-corrected chi connectivity index (χ1v) is 6.17. The van der Waals surface area contributed by atoms with Crippen LogP contribution in [0.15, 0.2) is 48.5 Å². The molecule has 96 valence electrons. The predicted octanol–water partition coefficient (Wildman–Crippen LogP) is 3.16. The zero-order valence-electron chi connectivity index (χ0n) is 10.8. The molecule has 0 aromatic heterocycles. The highest BCUT2D eigenvalue weighted by Crippen LogP contribution is 2.24. The Morgan fingerprint density at radius 1 is 1.16 bits per heavy atom. The van der Waals surface area contributed by atoms with Gasteiger partial charge in [0.2, 0.25) is 0 Å². The molecule has 0 aliphatic carbocycles. The molecule has 1 unspecified atom stereocenters. The van der Waals surface area contributed by atoms with Gasteiger partial charge < -0.3 is 10.5 Å². The van der Waals surface area contributed by atoms with Crippen LogP contribution in [0, 0.1) is 11.3 Å². The Morgan fingerprint density at radius 2 is 1.84 bits per heavy atom. The van der Waals surface area contributed by atoms with Crippen LogP contribution in [0.5, 0.6) is 5.75 Å². The summed E-state index contributed by atoms with van der Waals surface area (Å²) in [5.41, 5.74) is 8.40. The number of nitriles is 1. The van der Waals surface area contributed by atoms with Crippen molar-refractivity contribution >= 4 is 0 Å². The topological polar surface area (TPSA) is 59.0 Å². The lowest BCUT2D eigenvalue weighted by Crippen LogP contribution is -2.08. The van der Waals surface area contributed by atoms with Gasteiger partial charge in [-0.1, -0.05) is 36.4 Å². The predicted molar refractivity (Wildman–Crippen MR) is 74.5 cm³/mol. The van der Waals surface area contributed by atoms with Crippen LogP contribution in [0.3, 0.4) is 0 Å². The molecule has 0 amide bonds. The van der Waals surface area contributed by atoms with Gasteiger partial charge in [0.1, 0.15) is 12.4 Å². The normalized spacial score (nSPS) is 11.6. The van der Waals surface area contributed by atoms with Crippen LogP contribution in [0.1, 0.15) is 29.7 Å². The maximum Gasteiger partial charge on any atom is 0.124 e. The van der Waals surface area contributed by atoms with Crippen LogP contribution < -0.4 is 10.5 Å². The largest absolute Gasteiger partial charge is 0.489 e. The summed E-state index contributed by atoms with van der Waals surface area (Å²) >= 11 is 0. The van der Waals surface area contributed by atoms with E-state index in [1.54, 1.807) is 6.07 Å². The Hall–Kier alpha value is -2.31. The molecule has 0 bridgehead atoms. The molecule has 3 nitrogen and oxygen atoms in total. The fourth-order valence-electron chi connectivity index (χ4n) is 1.90. The first kappa shape index (κ1) is 13.1. The molecule has 2 aromatic rings. The van der Waals surface area contributed by atoms with Crippen LogP contribution in [0.2, 0.25) is 0 Å². The summed E-state index contributed by atoms with van der Waals surface area (Å²) < 4.78 is 5.80. The quantitative estimate of drug-likeness (QED) is 0.909. The number of rotatable bonds is 4. The minimum atomic E-state index is -0.0811. The molecule has 0 aliphatic rings. The highest BCUT2D eigenvalue weighted by molar-refractivity contribution is 5.39. The smallest absolute Gasteiger partial charge is 0.124 e. The van der Waals surface area contributed by atoms with E-state index >= 15 is 0 Å². The van der Waals surface area contributed by atoms with Crippen LogP contribution in [0.25, 0.3) is 0 Å². The fourth-order valence-corrected chi connectivity index (χ4v) is 1.90. The molecule has 3 heteroatoms. The molecule has 0 fully saturated rings. The van der Waals surface area contributed by atoms with Gasteiger partial charge in [-0.2, -0.15) is 5.26 Å². The second-order valence-corrected chi connectivity index (χ2v) is 4.38.